The molecule has 1 aromatic carbocycles. The number of nitrogens with one attached hydrogen (secondary N) is 2. The lowest BCUT2D eigenvalue weighted by Gasteiger charge is -2.16. The number of H-pyrrole nitrogens is 1. The lowest BCUT2D eigenvalue weighted by atomic mass is 10.0. The molecule has 0 spiro atoms. The molecule has 1 aliphatic rings. The molecule has 0 aliphatic carbocycles. The molecule has 0 saturated carbocycles. The Balaban J connectivity index is 2.18. The third-order valence-electron chi connectivity index (χ3n) is 3.91. The molecule has 2 aromatic rings. The number of aromatic amines is 1. The number of hydrogen-bond acceptors (Lipinski definition) is 3. The smallest absolute Gasteiger partial charge is 0.303 e. The van der Waals surface area contributed by atoms with Crippen LogP contribution in [0.15, 0.2) is 12.3 Å². The molecule has 0 atom stereocenters. The normalized spacial score (nSPS) is 14.8. The van der Waals surface area contributed by atoms with Gasteiger partial charge in [0.25, 0.3) is 0 Å². The Labute approximate surface area is 147 Å². The monoisotopic (exact) mass is 376 g/mol. The SMILES string of the molecule is CC1=CNCCc2[nH]c3c(Cl)c(Cl)cc(OCC(F)(F)CO)c3c21. The number of fused-ring (bicyclic) bond motifs is 3. The number of benzene rings is 1. The van der Waals surface area contributed by atoms with Crippen molar-refractivity contribution in [3.05, 3.63) is 33.6 Å². The Morgan fingerprint density at radius 2 is 2.12 bits per heavy atom. The molecule has 24 heavy (non-hydrogen) atoms. The van der Waals surface area contributed by atoms with Gasteiger partial charge in [-0.2, -0.15) is 0 Å². The van der Waals surface area contributed by atoms with Crippen LogP contribution < -0.4 is 10.1 Å². The average Bonchev–Trinajstić information content (AvgIpc) is 2.84. The number of hydrogen-bond donors (Lipinski definition) is 3. The summed E-state index contributed by atoms with van der Waals surface area (Å²) >= 11 is 12.4. The van der Waals surface area contributed by atoms with Crippen molar-refractivity contribution in [2.45, 2.75) is 19.3 Å². The minimum absolute atomic E-state index is 0.208. The Morgan fingerprint density at radius 3 is 2.83 bits per heavy atom. The lowest BCUT2D eigenvalue weighted by Crippen LogP contribution is -2.29. The van der Waals surface area contributed by atoms with Crippen molar-refractivity contribution < 1.29 is 18.6 Å². The Bertz CT molecular complexity index is 818. The van der Waals surface area contributed by atoms with Gasteiger partial charge in [-0.1, -0.05) is 23.2 Å². The minimum atomic E-state index is -3.34. The third-order valence-corrected chi connectivity index (χ3v) is 4.70. The zero-order valence-corrected chi connectivity index (χ0v) is 14.4. The first-order valence-electron chi connectivity index (χ1n) is 7.38. The van der Waals surface area contributed by atoms with Crippen LogP contribution in [0.1, 0.15) is 18.2 Å². The molecule has 3 rings (SSSR count). The fourth-order valence-electron chi connectivity index (χ4n) is 2.79. The van der Waals surface area contributed by atoms with Crippen LogP contribution in [0.25, 0.3) is 16.5 Å². The van der Waals surface area contributed by atoms with Gasteiger partial charge in [0.15, 0.2) is 6.61 Å². The van der Waals surface area contributed by atoms with Crippen molar-refractivity contribution in [3.63, 3.8) is 0 Å². The summed E-state index contributed by atoms with van der Waals surface area (Å²) in [5.74, 6) is -3.13. The molecular weight excluding hydrogens is 361 g/mol. The van der Waals surface area contributed by atoms with Crippen LogP contribution in [0.2, 0.25) is 10.0 Å². The predicted molar refractivity (Wildman–Crippen MR) is 91.2 cm³/mol. The van der Waals surface area contributed by atoms with E-state index in [4.69, 9.17) is 33.0 Å². The van der Waals surface area contributed by atoms with Crippen LogP contribution in [-0.4, -0.2) is 35.8 Å². The average molecular weight is 377 g/mol. The summed E-state index contributed by atoms with van der Waals surface area (Å²) in [5, 5.41) is 13.0. The van der Waals surface area contributed by atoms with Gasteiger partial charge in [0.2, 0.25) is 0 Å². The van der Waals surface area contributed by atoms with Crippen molar-refractivity contribution in [3.8, 4) is 5.75 Å². The van der Waals surface area contributed by atoms with Crippen molar-refractivity contribution in [1.82, 2.24) is 10.3 Å². The standard InChI is InChI=1S/C16H16Cl2F2N2O2/c1-8-5-21-3-2-10-12(8)13-11(24-7-16(19,20)6-23)4-9(17)14(18)15(13)22-10/h4-5,21-23H,2-3,6-7H2,1H3. The van der Waals surface area contributed by atoms with Gasteiger partial charge in [-0.15, -0.1) is 0 Å². The number of aliphatic hydroxyl groups excluding tert-OH is 1. The fourth-order valence-corrected chi connectivity index (χ4v) is 3.18. The first-order chi connectivity index (χ1) is 11.3. The molecule has 130 valence electrons. The molecule has 8 heteroatoms. The Kier molecular flexibility index (Phi) is 4.64. The van der Waals surface area contributed by atoms with E-state index in [9.17, 15) is 8.78 Å². The van der Waals surface area contributed by atoms with E-state index in [0.29, 0.717) is 15.9 Å². The van der Waals surface area contributed by atoms with Gasteiger partial charge in [0.05, 0.1) is 20.9 Å². The number of ether oxygens (including phenoxy) is 1. The lowest BCUT2D eigenvalue weighted by molar-refractivity contribution is -0.0798. The number of aliphatic hydroxyl groups is 1. The second-order valence-electron chi connectivity index (χ2n) is 5.73. The molecule has 0 bridgehead atoms. The molecule has 1 aromatic heterocycles. The van der Waals surface area contributed by atoms with Crippen LogP contribution >= 0.6 is 23.2 Å². The van der Waals surface area contributed by atoms with Crippen LogP contribution in [0.4, 0.5) is 8.78 Å². The van der Waals surface area contributed by atoms with Crippen molar-refractivity contribution in [1.29, 1.82) is 0 Å². The highest BCUT2D eigenvalue weighted by Crippen LogP contribution is 2.43. The van der Waals surface area contributed by atoms with Gasteiger partial charge < -0.3 is 20.1 Å². The molecular formula is C16H16Cl2F2N2O2. The summed E-state index contributed by atoms with van der Waals surface area (Å²) in [6.07, 6.45) is 2.59. The van der Waals surface area contributed by atoms with Gasteiger partial charge in [-0.3, -0.25) is 0 Å². The second kappa shape index (κ2) is 6.43. The number of alkyl halides is 2. The topological polar surface area (TPSA) is 57.3 Å². The Hall–Kier alpha value is -1.50. The summed E-state index contributed by atoms with van der Waals surface area (Å²) in [5.41, 5.74) is 3.31. The third kappa shape index (κ3) is 3.06. The summed E-state index contributed by atoms with van der Waals surface area (Å²) in [7, 11) is 0. The fraction of sp³-hybridized carbons (Fsp3) is 0.375. The van der Waals surface area contributed by atoms with E-state index in [-0.39, 0.29) is 10.8 Å². The van der Waals surface area contributed by atoms with E-state index >= 15 is 0 Å². The molecule has 3 N–H and O–H groups in total. The molecule has 4 nitrogen and oxygen atoms in total. The quantitative estimate of drug-likeness (QED) is 0.755. The predicted octanol–water partition coefficient (Wildman–Crippen LogP) is 3.99. The van der Waals surface area contributed by atoms with Gasteiger partial charge >= 0.3 is 5.92 Å². The van der Waals surface area contributed by atoms with E-state index in [0.717, 1.165) is 29.8 Å². The number of rotatable bonds is 4. The van der Waals surface area contributed by atoms with Crippen molar-refractivity contribution in [2.24, 2.45) is 0 Å². The minimum Gasteiger partial charge on any atom is -0.486 e. The first kappa shape index (κ1) is 17.3. The highest BCUT2D eigenvalue weighted by molar-refractivity contribution is 6.45. The summed E-state index contributed by atoms with van der Waals surface area (Å²) < 4.78 is 32.0. The molecule has 0 radical (unpaired) electrons. The molecule has 0 amide bonds. The maximum atomic E-state index is 13.4. The number of aromatic nitrogens is 1. The zero-order chi connectivity index (χ0) is 17.5. The van der Waals surface area contributed by atoms with Crippen molar-refractivity contribution >= 4 is 39.7 Å². The van der Waals surface area contributed by atoms with E-state index in [1.54, 1.807) is 0 Å². The first-order valence-corrected chi connectivity index (χ1v) is 8.14. The van der Waals surface area contributed by atoms with Crippen LogP contribution in [0.5, 0.6) is 5.75 Å². The maximum Gasteiger partial charge on any atom is 0.303 e. The van der Waals surface area contributed by atoms with Crippen LogP contribution in [-0.2, 0) is 6.42 Å². The van der Waals surface area contributed by atoms with E-state index in [1.165, 1.54) is 6.07 Å². The van der Waals surface area contributed by atoms with Crippen molar-refractivity contribution in [2.75, 3.05) is 19.8 Å². The van der Waals surface area contributed by atoms with E-state index < -0.39 is 19.1 Å². The summed E-state index contributed by atoms with van der Waals surface area (Å²) in [6, 6.07) is 1.43. The van der Waals surface area contributed by atoms with Gasteiger partial charge in [-0.05, 0) is 12.5 Å². The zero-order valence-electron chi connectivity index (χ0n) is 12.9. The highest BCUT2D eigenvalue weighted by atomic mass is 35.5. The second-order valence-corrected chi connectivity index (χ2v) is 6.52. The van der Waals surface area contributed by atoms with Crippen LogP contribution in [0, 0.1) is 0 Å². The van der Waals surface area contributed by atoms with Gasteiger partial charge in [0.1, 0.15) is 12.4 Å². The number of allylic oxidation sites excluding steroid dienone is 1. The highest BCUT2D eigenvalue weighted by Gasteiger charge is 2.30. The summed E-state index contributed by atoms with van der Waals surface area (Å²) in [6.45, 7) is 0.420. The summed E-state index contributed by atoms with van der Waals surface area (Å²) in [4.78, 5) is 3.23. The van der Waals surface area contributed by atoms with Gasteiger partial charge in [-0.25, -0.2) is 8.78 Å². The van der Waals surface area contributed by atoms with Crippen LogP contribution in [0.3, 0.4) is 0 Å². The maximum absolute atomic E-state index is 13.4. The molecule has 0 fully saturated rings. The van der Waals surface area contributed by atoms with E-state index in [2.05, 4.69) is 10.3 Å². The van der Waals surface area contributed by atoms with Gasteiger partial charge in [0, 0.05) is 36.5 Å². The largest absolute Gasteiger partial charge is 0.486 e. The molecule has 1 aliphatic heterocycles. The molecule has 0 unspecified atom stereocenters. The number of halogens is 4. The van der Waals surface area contributed by atoms with E-state index in [1.807, 2.05) is 13.1 Å². The molecule has 2 heterocycles. The Morgan fingerprint density at radius 1 is 1.38 bits per heavy atom. The molecule has 0 saturated heterocycles.